The van der Waals surface area contributed by atoms with E-state index in [4.69, 9.17) is 47.9 Å². The van der Waals surface area contributed by atoms with E-state index in [1.54, 1.807) is 62.3 Å². The van der Waals surface area contributed by atoms with Crippen LogP contribution in [-0.2, 0) is 71.9 Å². The molecule has 81 heavy (non-hydrogen) atoms. The molecule has 3 saturated heterocycles. The Morgan fingerprint density at radius 2 is 1.60 bits per heavy atom. The van der Waals surface area contributed by atoms with Gasteiger partial charge in [-0.2, -0.15) is 0 Å². The van der Waals surface area contributed by atoms with Crippen molar-refractivity contribution in [3.8, 4) is 0 Å². The Balaban J connectivity index is 1.34. The molecular weight excluding hydrogens is 1050 g/mol. The van der Waals surface area contributed by atoms with Crippen LogP contribution in [0.2, 0.25) is 0 Å². The smallest absolute Gasteiger partial charge is 0.311 e. The maximum atomic E-state index is 14.7. The van der Waals surface area contributed by atoms with E-state index in [-0.39, 0.29) is 63.4 Å². The fourth-order valence-corrected chi connectivity index (χ4v) is 12.5. The van der Waals surface area contributed by atoms with Crippen LogP contribution in [0.25, 0.3) is 21.9 Å². The van der Waals surface area contributed by atoms with Crippen molar-refractivity contribution in [1.29, 1.82) is 0 Å². The van der Waals surface area contributed by atoms with Crippen LogP contribution in [0.3, 0.4) is 0 Å². The number of carbonyl (C=O) groups is 3. The van der Waals surface area contributed by atoms with Crippen LogP contribution >= 0.6 is 0 Å². The highest BCUT2D eigenvalue weighted by molar-refractivity contribution is 6.04. The molecule has 0 aliphatic carbocycles. The van der Waals surface area contributed by atoms with Gasteiger partial charge in [-0.25, -0.2) is 9.97 Å². The number of hydrogen-bond acceptors (Lipinski definition) is 20. The highest BCUT2D eigenvalue weighted by Crippen LogP contribution is 2.41. The standard InChI is InChI=1S/C60H97N5O16/c1-18-44-60(13,73)52(68)37(7)64(16)30-33(3)28-58(11,72)54(35(5)50(36(6)55(70)78-44)80-47-29-59(12,74-17)53(69)38(8)77-47)81-56-51(43(63(14)15)26-34(4)76-56)79-46(67)25-24-39(66)27-42-48-49(40-22-20-21-23-41(40)61-42)65(32-57(9,10)71)45(62-48)31-75-19-2/h20-23,33-38,43-44,47,50-54,56,68-69,71-73H,18-19,24-32H2,1-17H3/t33-,34-,35+,36-,37-,38+,43-,44-,47+,50+,51-,52-,53+,54-,56+,58-,59-,60-/m1/s1. The number of para-hydroxylation sites is 1. The fourth-order valence-electron chi connectivity index (χ4n) is 12.5. The molecule has 0 spiro atoms. The number of fused-ring (bicyclic) bond motifs is 3. The molecule has 18 atom stereocenters. The van der Waals surface area contributed by atoms with Gasteiger partial charge >= 0.3 is 11.9 Å². The van der Waals surface area contributed by atoms with Crippen molar-refractivity contribution in [2.75, 3.05) is 41.4 Å². The quantitative estimate of drug-likeness (QED) is 0.102. The number of pyridine rings is 1. The lowest BCUT2D eigenvalue weighted by molar-refractivity contribution is -0.319. The molecule has 0 bridgehead atoms. The van der Waals surface area contributed by atoms with Gasteiger partial charge in [-0.15, -0.1) is 0 Å². The van der Waals surface area contributed by atoms with E-state index in [2.05, 4.69) is 0 Å². The normalized spacial score (nSPS) is 36.3. The van der Waals surface area contributed by atoms with Crippen LogP contribution in [-0.4, -0.2) is 205 Å². The van der Waals surface area contributed by atoms with E-state index in [0.29, 0.717) is 42.1 Å². The van der Waals surface area contributed by atoms with Gasteiger partial charge in [-0.1, -0.05) is 39.0 Å². The minimum Gasteiger partial charge on any atom is -0.459 e. The SMILES string of the molecule is CCOCc1nc2c(CC(=O)CCC(=O)O[C@H]3[C@H](O[C@@H]4[C@@H](C)[C@H](O[C@H]5C[C@@](C)(OC)[C@@H](O)[C@H](C)O5)[C@@H](C)C(=O)O[C@H](CC)[C@@](C)(O)[C@H](O)[C@@H](C)N(C)C[C@H](C)C[C@@]4(C)O)O[C@H](C)C[C@H]3N(C)C)nc3ccccc3c2n1CC(C)(C)O. The second kappa shape index (κ2) is 27.1. The van der Waals surface area contributed by atoms with Crippen molar-refractivity contribution in [3.05, 3.63) is 35.8 Å². The molecule has 0 amide bonds. The average molecular weight is 1140 g/mol. The number of esters is 2. The second-order valence-corrected chi connectivity index (χ2v) is 25.2. The lowest BCUT2D eigenvalue weighted by Crippen LogP contribution is -2.61. The van der Waals surface area contributed by atoms with Crippen LogP contribution in [0.15, 0.2) is 24.3 Å². The molecular formula is C60H97N5O16. The third-order valence-corrected chi connectivity index (χ3v) is 17.1. The maximum absolute atomic E-state index is 14.7. The minimum atomic E-state index is -1.88. The molecule has 2 aromatic heterocycles. The number of aliphatic hydroxyl groups is 5. The maximum Gasteiger partial charge on any atom is 0.311 e. The largest absolute Gasteiger partial charge is 0.459 e. The molecule has 0 unspecified atom stereocenters. The molecule has 1 aromatic carbocycles. The van der Waals surface area contributed by atoms with Gasteiger partial charge in [0, 0.05) is 50.4 Å². The molecule has 3 fully saturated rings. The Morgan fingerprint density at radius 3 is 2.23 bits per heavy atom. The average Bonchev–Trinajstić information content (AvgIpc) is 4.05. The summed E-state index contributed by atoms with van der Waals surface area (Å²) >= 11 is 0. The number of rotatable bonds is 18. The Hall–Kier alpha value is -3.81. The number of ether oxygens (including phenoxy) is 8. The Kier molecular flexibility index (Phi) is 22.2. The van der Waals surface area contributed by atoms with E-state index >= 15 is 0 Å². The summed E-state index contributed by atoms with van der Waals surface area (Å²) in [6, 6.07) is 6.47. The number of likely N-dealkylation sites (N-methyl/N-ethyl adjacent to an activating group) is 2. The molecule has 0 saturated carbocycles. The third-order valence-electron chi connectivity index (χ3n) is 17.1. The molecule has 21 nitrogen and oxygen atoms in total. The first kappa shape index (κ1) is 66.3. The van der Waals surface area contributed by atoms with E-state index in [0.717, 1.165) is 10.9 Å². The molecule has 21 heteroatoms. The van der Waals surface area contributed by atoms with Gasteiger partial charge < -0.3 is 77.8 Å². The van der Waals surface area contributed by atoms with Crippen molar-refractivity contribution in [3.63, 3.8) is 0 Å². The Bertz CT molecular complexity index is 2590. The zero-order valence-corrected chi connectivity index (χ0v) is 51.2. The number of ketones is 1. The summed E-state index contributed by atoms with van der Waals surface area (Å²) in [5.74, 6) is -3.42. The third kappa shape index (κ3) is 15.6. The predicted molar refractivity (Wildman–Crippen MR) is 303 cm³/mol. The van der Waals surface area contributed by atoms with Crippen LogP contribution in [0, 0.1) is 17.8 Å². The van der Waals surface area contributed by atoms with Gasteiger partial charge in [-0.05, 0) is 122 Å². The van der Waals surface area contributed by atoms with Crippen LogP contribution in [0.4, 0.5) is 0 Å². The first-order valence-corrected chi connectivity index (χ1v) is 29.1. The van der Waals surface area contributed by atoms with Crippen LogP contribution < -0.4 is 0 Å². The summed E-state index contributed by atoms with van der Waals surface area (Å²) in [5.41, 5.74) is -3.53. The molecule has 3 aliphatic heterocycles. The van der Waals surface area contributed by atoms with E-state index < -0.39 is 120 Å². The van der Waals surface area contributed by atoms with Gasteiger partial charge in [0.2, 0.25) is 0 Å². The highest BCUT2D eigenvalue weighted by atomic mass is 16.7. The van der Waals surface area contributed by atoms with Crippen molar-refractivity contribution < 1.29 is 77.8 Å². The lowest BCUT2D eigenvalue weighted by Gasteiger charge is -2.49. The number of carbonyl (C=O) groups excluding carboxylic acids is 3. The van der Waals surface area contributed by atoms with E-state index in [9.17, 15) is 39.9 Å². The molecule has 3 aromatic rings. The molecule has 6 rings (SSSR count). The Labute approximate surface area is 479 Å². The zero-order valence-electron chi connectivity index (χ0n) is 51.2. The fraction of sp³-hybridized carbons (Fsp3) is 0.783. The van der Waals surface area contributed by atoms with E-state index in [1.165, 1.54) is 14.0 Å². The van der Waals surface area contributed by atoms with Crippen LogP contribution in [0.1, 0.15) is 140 Å². The van der Waals surface area contributed by atoms with E-state index in [1.807, 2.05) is 80.5 Å². The van der Waals surface area contributed by atoms with Gasteiger partial charge in [-0.3, -0.25) is 14.4 Å². The number of Topliss-reactive ketones (excluding diaryl/α,β-unsaturated/α-hetero) is 1. The molecule has 0 radical (unpaired) electrons. The van der Waals surface area contributed by atoms with Crippen molar-refractivity contribution in [1.82, 2.24) is 24.3 Å². The van der Waals surface area contributed by atoms with Crippen molar-refractivity contribution in [2.24, 2.45) is 17.8 Å². The summed E-state index contributed by atoms with van der Waals surface area (Å²) in [6.45, 7) is 23.9. The van der Waals surface area contributed by atoms with Gasteiger partial charge in [0.1, 0.15) is 47.6 Å². The first-order valence-electron chi connectivity index (χ1n) is 29.1. The lowest BCUT2D eigenvalue weighted by atomic mass is 9.77. The molecule has 5 heterocycles. The predicted octanol–water partition coefficient (Wildman–Crippen LogP) is 5.25. The molecule has 3 aliphatic rings. The number of aromatic nitrogens is 3. The van der Waals surface area contributed by atoms with Crippen molar-refractivity contribution in [2.45, 2.75) is 244 Å². The van der Waals surface area contributed by atoms with Gasteiger partial charge in [0.05, 0.1) is 89.3 Å². The summed E-state index contributed by atoms with van der Waals surface area (Å²) in [4.78, 5) is 56.7. The number of nitrogens with zero attached hydrogens (tertiary/aromatic N) is 5. The molecule has 458 valence electrons. The number of aliphatic hydroxyl groups excluding tert-OH is 2. The number of cyclic esters (lactones) is 1. The van der Waals surface area contributed by atoms with Gasteiger partial charge in [0.25, 0.3) is 0 Å². The molecule has 5 N–H and O–H groups in total. The summed E-state index contributed by atoms with van der Waals surface area (Å²) in [5, 5.41) is 59.8. The summed E-state index contributed by atoms with van der Waals surface area (Å²) in [6.07, 6.45) is -10.3. The zero-order chi connectivity index (χ0) is 60.3. The van der Waals surface area contributed by atoms with Gasteiger partial charge in [0.15, 0.2) is 18.7 Å². The number of imidazole rings is 1. The number of hydrogen-bond donors (Lipinski definition) is 5. The van der Waals surface area contributed by atoms with Crippen LogP contribution in [0.5, 0.6) is 0 Å². The minimum absolute atomic E-state index is 0.0575. The first-order chi connectivity index (χ1) is 37.8. The summed E-state index contributed by atoms with van der Waals surface area (Å²) < 4.78 is 53.0. The number of benzene rings is 1. The monoisotopic (exact) mass is 1140 g/mol. The highest BCUT2D eigenvalue weighted by Gasteiger charge is 2.53. The number of methoxy groups -OCH3 is 1. The summed E-state index contributed by atoms with van der Waals surface area (Å²) in [7, 11) is 7.02. The topological polar surface area (TPSA) is 263 Å². The Morgan fingerprint density at radius 1 is 0.926 bits per heavy atom. The second-order valence-electron chi connectivity index (χ2n) is 25.2. The van der Waals surface area contributed by atoms with Crippen molar-refractivity contribution >= 4 is 39.7 Å².